The highest BCUT2D eigenvalue weighted by Crippen LogP contribution is 2.30. The predicted molar refractivity (Wildman–Crippen MR) is 65.7 cm³/mol. The zero-order chi connectivity index (χ0) is 12.5. The highest BCUT2D eigenvalue weighted by Gasteiger charge is 2.23. The maximum absolute atomic E-state index is 11.1. The van der Waals surface area contributed by atoms with Crippen LogP contribution in [0.2, 0.25) is 0 Å². The number of ether oxygens (including phenoxy) is 1. The Balaban J connectivity index is 2.35. The molecule has 0 spiro atoms. The van der Waals surface area contributed by atoms with Gasteiger partial charge in [-0.3, -0.25) is 4.55 Å². The van der Waals surface area contributed by atoms with Gasteiger partial charge in [0.1, 0.15) is 5.75 Å². The maximum Gasteiger partial charge on any atom is 0.336 e. The SMILES string of the molecule is COc1ccc2c(c1)CN(S(=O)(=O)O)CCS2. The summed E-state index contributed by atoms with van der Waals surface area (Å²) < 4.78 is 37.5. The summed E-state index contributed by atoms with van der Waals surface area (Å²) in [6.45, 7) is 0.485. The van der Waals surface area contributed by atoms with Crippen molar-refractivity contribution in [2.45, 2.75) is 11.4 Å². The summed E-state index contributed by atoms with van der Waals surface area (Å²) in [6.07, 6.45) is 0. The van der Waals surface area contributed by atoms with E-state index in [9.17, 15) is 8.42 Å². The Labute approximate surface area is 105 Å². The molecule has 1 aromatic carbocycles. The van der Waals surface area contributed by atoms with Crippen molar-refractivity contribution in [1.82, 2.24) is 4.31 Å². The van der Waals surface area contributed by atoms with Gasteiger partial charge in [0.2, 0.25) is 0 Å². The Hall–Kier alpha value is -0.760. The van der Waals surface area contributed by atoms with Gasteiger partial charge >= 0.3 is 10.3 Å². The van der Waals surface area contributed by atoms with Gasteiger partial charge in [0.15, 0.2) is 0 Å². The molecule has 0 saturated heterocycles. The predicted octanol–water partition coefficient (Wildman–Crippen LogP) is 1.41. The molecule has 94 valence electrons. The summed E-state index contributed by atoms with van der Waals surface area (Å²) in [5, 5.41) is 0. The molecule has 0 bridgehead atoms. The fourth-order valence-electron chi connectivity index (χ4n) is 1.67. The fraction of sp³-hybridized carbons (Fsp3) is 0.400. The van der Waals surface area contributed by atoms with Gasteiger partial charge in [0, 0.05) is 23.7 Å². The molecule has 0 aromatic heterocycles. The number of nitrogens with zero attached hydrogens (tertiary/aromatic N) is 1. The van der Waals surface area contributed by atoms with Crippen molar-refractivity contribution in [1.29, 1.82) is 0 Å². The van der Waals surface area contributed by atoms with Gasteiger partial charge in [0.25, 0.3) is 0 Å². The van der Waals surface area contributed by atoms with Gasteiger partial charge < -0.3 is 4.74 Å². The molecule has 0 radical (unpaired) electrons. The first-order valence-electron chi connectivity index (χ1n) is 5.03. The summed E-state index contributed by atoms with van der Waals surface area (Å²) in [7, 11) is -2.57. The van der Waals surface area contributed by atoms with Crippen LogP contribution in [0.5, 0.6) is 5.75 Å². The number of hydrogen-bond acceptors (Lipinski definition) is 4. The first-order chi connectivity index (χ1) is 8.00. The summed E-state index contributed by atoms with van der Waals surface area (Å²) in [5.41, 5.74) is 0.851. The zero-order valence-electron chi connectivity index (χ0n) is 9.29. The van der Waals surface area contributed by atoms with Crippen molar-refractivity contribution >= 4 is 22.1 Å². The minimum atomic E-state index is -4.13. The topological polar surface area (TPSA) is 66.8 Å². The molecule has 0 aliphatic carbocycles. The Morgan fingerprint density at radius 3 is 2.88 bits per heavy atom. The second-order valence-electron chi connectivity index (χ2n) is 3.63. The quantitative estimate of drug-likeness (QED) is 0.827. The molecule has 1 N–H and O–H groups in total. The van der Waals surface area contributed by atoms with Crippen molar-refractivity contribution in [2.75, 3.05) is 19.4 Å². The molecule has 0 fully saturated rings. The minimum absolute atomic E-state index is 0.179. The Bertz CT molecular complexity index is 515. The minimum Gasteiger partial charge on any atom is -0.497 e. The van der Waals surface area contributed by atoms with E-state index in [0.29, 0.717) is 18.0 Å². The number of thioether (sulfide) groups is 1. The van der Waals surface area contributed by atoms with Crippen LogP contribution < -0.4 is 4.74 Å². The van der Waals surface area contributed by atoms with Crippen LogP contribution in [0, 0.1) is 0 Å². The number of rotatable bonds is 2. The van der Waals surface area contributed by atoms with E-state index in [-0.39, 0.29) is 6.54 Å². The average molecular weight is 275 g/mol. The highest BCUT2D eigenvalue weighted by atomic mass is 32.2. The van der Waals surface area contributed by atoms with E-state index >= 15 is 0 Å². The van der Waals surface area contributed by atoms with Crippen molar-refractivity contribution in [3.05, 3.63) is 23.8 Å². The van der Waals surface area contributed by atoms with E-state index in [0.717, 1.165) is 14.8 Å². The largest absolute Gasteiger partial charge is 0.497 e. The van der Waals surface area contributed by atoms with E-state index in [1.165, 1.54) is 0 Å². The van der Waals surface area contributed by atoms with E-state index in [4.69, 9.17) is 9.29 Å². The zero-order valence-corrected chi connectivity index (χ0v) is 10.9. The van der Waals surface area contributed by atoms with Crippen LogP contribution in [0.25, 0.3) is 0 Å². The van der Waals surface area contributed by atoms with Crippen molar-refractivity contribution in [3.63, 3.8) is 0 Å². The molecule has 1 aliphatic heterocycles. The lowest BCUT2D eigenvalue weighted by Gasteiger charge is -2.15. The van der Waals surface area contributed by atoms with Gasteiger partial charge in [-0.2, -0.15) is 12.7 Å². The molecule has 1 aromatic rings. The van der Waals surface area contributed by atoms with Gasteiger partial charge in [-0.15, -0.1) is 11.8 Å². The molecule has 5 nitrogen and oxygen atoms in total. The third kappa shape index (κ3) is 2.92. The van der Waals surface area contributed by atoms with Crippen LogP contribution >= 0.6 is 11.8 Å². The number of benzene rings is 1. The molecular formula is C10H13NO4S2. The third-order valence-corrected chi connectivity index (χ3v) is 4.60. The Kier molecular flexibility index (Phi) is 3.62. The van der Waals surface area contributed by atoms with Gasteiger partial charge in [-0.1, -0.05) is 0 Å². The first-order valence-corrected chi connectivity index (χ1v) is 7.41. The van der Waals surface area contributed by atoms with Crippen LogP contribution in [-0.2, 0) is 16.8 Å². The number of methoxy groups -OCH3 is 1. The third-order valence-electron chi connectivity index (χ3n) is 2.54. The fourth-order valence-corrected chi connectivity index (χ4v) is 3.42. The molecule has 1 heterocycles. The molecule has 0 atom stereocenters. The molecule has 1 aliphatic rings. The molecule has 17 heavy (non-hydrogen) atoms. The molecule has 0 saturated carbocycles. The summed E-state index contributed by atoms with van der Waals surface area (Å²) in [6, 6.07) is 5.55. The average Bonchev–Trinajstić information content (AvgIpc) is 2.49. The van der Waals surface area contributed by atoms with Gasteiger partial charge in [0.05, 0.1) is 7.11 Å². The van der Waals surface area contributed by atoms with Gasteiger partial charge in [-0.25, -0.2) is 0 Å². The molecule has 7 heteroatoms. The Morgan fingerprint density at radius 2 is 2.24 bits per heavy atom. The van der Waals surface area contributed by atoms with E-state index in [2.05, 4.69) is 0 Å². The first kappa shape index (κ1) is 12.7. The lowest BCUT2D eigenvalue weighted by molar-refractivity contribution is 0.357. The molecule has 0 unspecified atom stereocenters. The maximum atomic E-state index is 11.1. The lowest BCUT2D eigenvalue weighted by Crippen LogP contribution is -2.30. The van der Waals surface area contributed by atoms with Crippen LogP contribution in [0.1, 0.15) is 5.56 Å². The van der Waals surface area contributed by atoms with Gasteiger partial charge in [-0.05, 0) is 23.8 Å². The van der Waals surface area contributed by atoms with Crippen LogP contribution in [0.3, 0.4) is 0 Å². The monoisotopic (exact) mass is 275 g/mol. The number of hydrogen-bond donors (Lipinski definition) is 1. The van der Waals surface area contributed by atoms with Crippen LogP contribution in [0.15, 0.2) is 23.1 Å². The highest BCUT2D eigenvalue weighted by molar-refractivity contribution is 7.99. The Morgan fingerprint density at radius 1 is 1.47 bits per heavy atom. The number of fused-ring (bicyclic) bond motifs is 1. The van der Waals surface area contributed by atoms with Crippen LogP contribution in [0.4, 0.5) is 0 Å². The summed E-state index contributed by atoms with van der Waals surface area (Å²) in [5.74, 6) is 1.31. The van der Waals surface area contributed by atoms with Crippen LogP contribution in [-0.4, -0.2) is 36.7 Å². The second kappa shape index (κ2) is 4.85. The summed E-state index contributed by atoms with van der Waals surface area (Å²) in [4.78, 5) is 1.02. The standard InChI is InChI=1S/C10H13NO4S2/c1-15-9-2-3-10-8(6-9)7-11(4-5-16-10)17(12,13)14/h2-3,6H,4-5,7H2,1H3,(H,12,13,14). The van der Waals surface area contributed by atoms with E-state index in [1.807, 2.05) is 12.1 Å². The van der Waals surface area contributed by atoms with Crippen molar-refractivity contribution < 1.29 is 17.7 Å². The summed E-state index contributed by atoms with van der Waals surface area (Å²) >= 11 is 1.58. The van der Waals surface area contributed by atoms with Crippen molar-refractivity contribution in [3.8, 4) is 5.75 Å². The smallest absolute Gasteiger partial charge is 0.336 e. The normalized spacial score (nSPS) is 17.3. The molecule has 2 rings (SSSR count). The molecule has 0 amide bonds. The van der Waals surface area contributed by atoms with Crippen molar-refractivity contribution in [2.24, 2.45) is 0 Å². The second-order valence-corrected chi connectivity index (χ2v) is 6.18. The lowest BCUT2D eigenvalue weighted by atomic mass is 10.2. The molecular weight excluding hydrogens is 262 g/mol. The van der Waals surface area contributed by atoms with E-state index in [1.54, 1.807) is 24.9 Å². The van der Waals surface area contributed by atoms with E-state index < -0.39 is 10.3 Å².